The number of carbonyl (C=O) groups excluding carboxylic acids is 1. The van der Waals surface area contributed by atoms with Gasteiger partial charge < -0.3 is 10.1 Å². The van der Waals surface area contributed by atoms with Crippen LogP contribution in [0.2, 0.25) is 0 Å². The summed E-state index contributed by atoms with van der Waals surface area (Å²) < 4.78 is 41.6. The number of thioether (sulfide) groups is 1. The standard InChI is InChI=1S/C13H12F3NO2S/c1-3-10(8-19-2)17-12(18)9-5-4-6-11(7-9)20-13(14,15)16/h1,4-7,10H,8H2,2H3,(H,17,18)/t10-/m0/s1. The molecule has 0 aliphatic heterocycles. The van der Waals surface area contributed by atoms with Crippen molar-refractivity contribution in [1.82, 2.24) is 5.32 Å². The van der Waals surface area contributed by atoms with Crippen LogP contribution in [-0.2, 0) is 4.74 Å². The number of amides is 1. The molecule has 0 aliphatic carbocycles. The smallest absolute Gasteiger partial charge is 0.382 e. The summed E-state index contributed by atoms with van der Waals surface area (Å²) in [4.78, 5) is 11.8. The molecular formula is C13H12F3NO2S. The van der Waals surface area contributed by atoms with E-state index in [1.54, 1.807) is 0 Å². The van der Waals surface area contributed by atoms with Crippen molar-refractivity contribution in [1.29, 1.82) is 0 Å². The fraction of sp³-hybridized carbons (Fsp3) is 0.308. The van der Waals surface area contributed by atoms with Crippen molar-refractivity contribution in [2.75, 3.05) is 13.7 Å². The predicted octanol–water partition coefficient (Wildman–Crippen LogP) is 2.68. The van der Waals surface area contributed by atoms with E-state index in [9.17, 15) is 18.0 Å². The minimum Gasteiger partial charge on any atom is -0.382 e. The predicted molar refractivity (Wildman–Crippen MR) is 70.3 cm³/mol. The van der Waals surface area contributed by atoms with Crippen LogP contribution in [0, 0.1) is 12.3 Å². The number of hydrogen-bond donors (Lipinski definition) is 1. The van der Waals surface area contributed by atoms with Gasteiger partial charge >= 0.3 is 5.51 Å². The van der Waals surface area contributed by atoms with Gasteiger partial charge in [0, 0.05) is 17.6 Å². The maximum absolute atomic E-state index is 12.3. The van der Waals surface area contributed by atoms with E-state index in [-0.39, 0.29) is 28.8 Å². The summed E-state index contributed by atoms with van der Waals surface area (Å²) in [5.41, 5.74) is -4.29. The highest BCUT2D eigenvalue weighted by molar-refractivity contribution is 8.00. The van der Waals surface area contributed by atoms with Gasteiger partial charge in [-0.2, -0.15) is 13.2 Å². The minimum absolute atomic E-state index is 0.0610. The molecule has 0 aromatic heterocycles. The topological polar surface area (TPSA) is 38.3 Å². The van der Waals surface area contributed by atoms with Gasteiger partial charge in [-0.1, -0.05) is 12.0 Å². The Balaban J connectivity index is 2.79. The van der Waals surface area contributed by atoms with E-state index in [0.29, 0.717) is 0 Å². The molecule has 0 spiro atoms. The van der Waals surface area contributed by atoms with E-state index >= 15 is 0 Å². The monoisotopic (exact) mass is 303 g/mol. The molecule has 0 saturated carbocycles. The number of ether oxygens (including phenoxy) is 1. The number of hydrogen-bond acceptors (Lipinski definition) is 3. The van der Waals surface area contributed by atoms with Crippen molar-refractivity contribution >= 4 is 17.7 Å². The Hall–Kier alpha value is -1.65. The SMILES string of the molecule is C#C[C@@H](COC)NC(=O)c1cccc(SC(F)(F)F)c1. The van der Waals surface area contributed by atoms with Crippen LogP contribution in [-0.4, -0.2) is 31.2 Å². The lowest BCUT2D eigenvalue weighted by Gasteiger charge is -2.12. The van der Waals surface area contributed by atoms with Crippen LogP contribution in [0.1, 0.15) is 10.4 Å². The van der Waals surface area contributed by atoms with E-state index < -0.39 is 17.5 Å². The molecule has 0 aliphatic rings. The molecule has 0 radical (unpaired) electrons. The van der Waals surface area contributed by atoms with Crippen LogP contribution in [0.3, 0.4) is 0 Å². The molecule has 1 rings (SSSR count). The molecule has 0 unspecified atom stereocenters. The van der Waals surface area contributed by atoms with Gasteiger partial charge in [-0.15, -0.1) is 6.42 Å². The Labute approximate surface area is 118 Å². The van der Waals surface area contributed by atoms with Crippen LogP contribution < -0.4 is 5.32 Å². The zero-order chi connectivity index (χ0) is 15.2. The van der Waals surface area contributed by atoms with Crippen molar-refractivity contribution in [3.8, 4) is 12.3 Å². The molecule has 0 heterocycles. The second-order valence-corrected chi connectivity index (χ2v) is 4.86. The second-order valence-electron chi connectivity index (χ2n) is 3.72. The first-order valence-electron chi connectivity index (χ1n) is 5.47. The van der Waals surface area contributed by atoms with Gasteiger partial charge in [0.15, 0.2) is 0 Å². The van der Waals surface area contributed by atoms with Gasteiger partial charge in [0.25, 0.3) is 5.91 Å². The fourth-order valence-electron chi connectivity index (χ4n) is 1.37. The molecule has 1 aromatic carbocycles. The lowest BCUT2D eigenvalue weighted by atomic mass is 10.2. The molecule has 1 N–H and O–H groups in total. The number of rotatable bonds is 5. The number of carbonyl (C=O) groups is 1. The summed E-state index contributed by atoms with van der Waals surface area (Å²) in [6.45, 7) is 0.124. The first kappa shape index (κ1) is 16.4. The summed E-state index contributed by atoms with van der Waals surface area (Å²) in [7, 11) is 1.43. The highest BCUT2D eigenvalue weighted by Gasteiger charge is 2.29. The average Bonchev–Trinajstić information content (AvgIpc) is 2.36. The Morgan fingerprint density at radius 1 is 1.55 bits per heavy atom. The zero-order valence-corrected chi connectivity index (χ0v) is 11.3. The van der Waals surface area contributed by atoms with Crippen LogP contribution >= 0.6 is 11.8 Å². The van der Waals surface area contributed by atoms with Crippen molar-refractivity contribution in [2.45, 2.75) is 16.4 Å². The third-order valence-corrected chi connectivity index (χ3v) is 2.89. The number of nitrogens with one attached hydrogen (secondary N) is 1. The maximum Gasteiger partial charge on any atom is 0.446 e. The second kappa shape index (κ2) is 7.22. The highest BCUT2D eigenvalue weighted by atomic mass is 32.2. The Kier molecular flexibility index (Phi) is 5.92. The Morgan fingerprint density at radius 3 is 2.80 bits per heavy atom. The number of terminal acetylenes is 1. The maximum atomic E-state index is 12.3. The van der Waals surface area contributed by atoms with Crippen molar-refractivity contribution in [3.63, 3.8) is 0 Å². The first-order valence-corrected chi connectivity index (χ1v) is 6.29. The largest absolute Gasteiger partial charge is 0.446 e. The molecule has 0 bridgehead atoms. The van der Waals surface area contributed by atoms with Crippen molar-refractivity contribution in [3.05, 3.63) is 29.8 Å². The van der Waals surface area contributed by atoms with Crippen LogP contribution in [0.4, 0.5) is 13.2 Å². The lowest BCUT2D eigenvalue weighted by molar-refractivity contribution is -0.0328. The van der Waals surface area contributed by atoms with Gasteiger partial charge in [-0.3, -0.25) is 4.79 Å². The van der Waals surface area contributed by atoms with Gasteiger partial charge in [-0.05, 0) is 30.0 Å². The van der Waals surface area contributed by atoms with E-state index in [1.165, 1.54) is 25.3 Å². The number of methoxy groups -OCH3 is 1. The molecule has 7 heteroatoms. The van der Waals surface area contributed by atoms with Crippen LogP contribution in [0.25, 0.3) is 0 Å². The molecule has 0 fully saturated rings. The molecule has 108 valence electrons. The number of halogens is 3. The van der Waals surface area contributed by atoms with Crippen molar-refractivity contribution < 1.29 is 22.7 Å². The molecule has 1 atom stereocenters. The van der Waals surface area contributed by atoms with Crippen LogP contribution in [0.15, 0.2) is 29.2 Å². The molecule has 1 amide bonds. The normalized spacial score (nSPS) is 12.6. The summed E-state index contributed by atoms with van der Waals surface area (Å²) >= 11 is -0.278. The molecule has 0 saturated heterocycles. The van der Waals surface area contributed by atoms with Gasteiger partial charge in [0.2, 0.25) is 0 Å². The van der Waals surface area contributed by atoms with E-state index in [4.69, 9.17) is 11.2 Å². The minimum atomic E-state index is -4.40. The van der Waals surface area contributed by atoms with Gasteiger partial charge in [-0.25, -0.2) is 0 Å². The highest BCUT2D eigenvalue weighted by Crippen LogP contribution is 2.36. The fourth-order valence-corrected chi connectivity index (χ4v) is 1.97. The third kappa shape index (κ3) is 5.55. The van der Waals surface area contributed by atoms with E-state index in [0.717, 1.165) is 6.07 Å². The Bertz CT molecular complexity index is 511. The third-order valence-electron chi connectivity index (χ3n) is 2.17. The molecule has 3 nitrogen and oxygen atoms in total. The van der Waals surface area contributed by atoms with Crippen molar-refractivity contribution in [2.24, 2.45) is 0 Å². The van der Waals surface area contributed by atoms with Gasteiger partial charge in [0.05, 0.1) is 6.61 Å². The summed E-state index contributed by atoms with van der Waals surface area (Å²) in [6, 6.07) is 4.60. The summed E-state index contributed by atoms with van der Waals surface area (Å²) in [5.74, 6) is 1.77. The molecule has 1 aromatic rings. The van der Waals surface area contributed by atoms with E-state index in [1.807, 2.05) is 0 Å². The summed E-state index contributed by atoms with van der Waals surface area (Å²) in [5, 5.41) is 2.48. The number of benzene rings is 1. The zero-order valence-electron chi connectivity index (χ0n) is 10.5. The first-order chi connectivity index (χ1) is 9.35. The van der Waals surface area contributed by atoms with Gasteiger partial charge in [0.1, 0.15) is 6.04 Å². The molecule has 20 heavy (non-hydrogen) atoms. The van der Waals surface area contributed by atoms with E-state index in [2.05, 4.69) is 11.2 Å². The lowest BCUT2D eigenvalue weighted by Crippen LogP contribution is -2.36. The Morgan fingerprint density at radius 2 is 2.25 bits per heavy atom. The quantitative estimate of drug-likeness (QED) is 0.671. The van der Waals surface area contributed by atoms with Crippen LogP contribution in [0.5, 0.6) is 0 Å². The average molecular weight is 303 g/mol. The summed E-state index contributed by atoms with van der Waals surface area (Å²) in [6.07, 6.45) is 5.20. The molecular weight excluding hydrogens is 291 g/mol. The number of alkyl halides is 3.